The Morgan fingerprint density at radius 2 is 2.19 bits per heavy atom. The Hall–Kier alpha value is -2.35. The van der Waals surface area contributed by atoms with Gasteiger partial charge in [0.1, 0.15) is 5.82 Å². The monoisotopic (exact) mass is 297 g/mol. The molecule has 0 radical (unpaired) electrons. The number of aromatic nitrogens is 1. The van der Waals surface area contributed by atoms with Gasteiger partial charge < -0.3 is 9.73 Å². The zero-order chi connectivity index (χ0) is 15.4. The van der Waals surface area contributed by atoms with Crippen LogP contribution in [0.15, 0.2) is 22.7 Å². The molecular weight excluding hydrogens is 284 g/mol. The summed E-state index contributed by atoms with van der Waals surface area (Å²) in [4.78, 5) is 13.7. The lowest BCUT2D eigenvalue weighted by atomic mass is 10.1. The van der Waals surface area contributed by atoms with E-state index in [1.807, 2.05) is 6.92 Å². The molecule has 21 heavy (non-hydrogen) atoms. The summed E-state index contributed by atoms with van der Waals surface area (Å²) in [5, 5.41) is 13.7. The molecule has 0 spiro atoms. The van der Waals surface area contributed by atoms with Crippen LogP contribution in [0.25, 0.3) is 11.3 Å². The van der Waals surface area contributed by atoms with Crippen molar-refractivity contribution in [3.8, 4) is 11.3 Å². The molecule has 1 heterocycles. The highest BCUT2D eigenvalue weighted by molar-refractivity contribution is 5.62. The predicted molar refractivity (Wildman–Crippen MR) is 70.8 cm³/mol. The van der Waals surface area contributed by atoms with Gasteiger partial charge in [-0.15, -0.1) is 0 Å². The Morgan fingerprint density at radius 3 is 2.86 bits per heavy atom. The molecule has 2 aromatic rings. The fourth-order valence-corrected chi connectivity index (χ4v) is 1.82. The zero-order valence-electron chi connectivity index (χ0n) is 11.2. The molecule has 1 N–H and O–H groups in total. The highest BCUT2D eigenvalue weighted by Crippen LogP contribution is 2.32. The first-order valence-electron chi connectivity index (χ1n) is 6.32. The number of benzene rings is 1. The normalized spacial score (nSPS) is 10.8. The van der Waals surface area contributed by atoms with E-state index >= 15 is 0 Å². The first-order chi connectivity index (χ1) is 10.0. The van der Waals surface area contributed by atoms with Crippen molar-refractivity contribution in [2.45, 2.75) is 13.3 Å². The zero-order valence-corrected chi connectivity index (χ0v) is 11.2. The van der Waals surface area contributed by atoms with E-state index in [4.69, 9.17) is 4.42 Å². The van der Waals surface area contributed by atoms with Crippen molar-refractivity contribution in [1.29, 1.82) is 0 Å². The lowest BCUT2D eigenvalue weighted by molar-refractivity contribution is -0.387. The summed E-state index contributed by atoms with van der Waals surface area (Å²) >= 11 is 0. The number of nitro benzene ring substituents is 1. The molecule has 0 saturated carbocycles. The van der Waals surface area contributed by atoms with E-state index < -0.39 is 27.8 Å². The van der Waals surface area contributed by atoms with Gasteiger partial charge in [0.2, 0.25) is 5.82 Å². The maximum atomic E-state index is 14.0. The highest BCUT2D eigenvalue weighted by Gasteiger charge is 2.24. The molecule has 0 fully saturated rings. The van der Waals surface area contributed by atoms with Crippen molar-refractivity contribution >= 4 is 5.69 Å². The minimum Gasteiger partial charge on any atom is -0.440 e. The van der Waals surface area contributed by atoms with Gasteiger partial charge in [0.15, 0.2) is 11.7 Å². The summed E-state index contributed by atoms with van der Waals surface area (Å²) in [5.41, 5.74) is -1.39. The van der Waals surface area contributed by atoms with Crippen LogP contribution in [0, 0.1) is 21.7 Å². The molecule has 1 aromatic carbocycles. The number of rotatable bonds is 6. The van der Waals surface area contributed by atoms with Gasteiger partial charge >= 0.3 is 5.69 Å². The third-order valence-corrected chi connectivity index (χ3v) is 2.83. The molecule has 0 bridgehead atoms. The van der Waals surface area contributed by atoms with E-state index in [1.54, 1.807) is 0 Å². The molecule has 8 heteroatoms. The molecule has 0 aliphatic carbocycles. The second-order valence-electron chi connectivity index (χ2n) is 4.23. The smallest absolute Gasteiger partial charge is 0.305 e. The Kier molecular flexibility index (Phi) is 4.59. The molecule has 0 atom stereocenters. The summed E-state index contributed by atoms with van der Waals surface area (Å²) < 4.78 is 33.0. The van der Waals surface area contributed by atoms with Gasteiger partial charge in [-0.25, -0.2) is 9.37 Å². The molecule has 1 aromatic heterocycles. The Morgan fingerprint density at radius 1 is 1.43 bits per heavy atom. The maximum absolute atomic E-state index is 14.0. The van der Waals surface area contributed by atoms with Gasteiger partial charge in [0, 0.05) is 19.0 Å². The quantitative estimate of drug-likeness (QED) is 0.503. The van der Waals surface area contributed by atoms with Crippen LogP contribution in [-0.4, -0.2) is 23.0 Å². The first-order valence-corrected chi connectivity index (χ1v) is 6.32. The van der Waals surface area contributed by atoms with E-state index in [2.05, 4.69) is 10.3 Å². The standard InChI is InChI=1S/C13H13F2N3O3/c1-2-16-6-5-11-17-7-10(21-11)12-8(14)3-4-9(13(12)15)18(19)20/h3-4,7,16H,2,5-6H2,1H3. The predicted octanol–water partition coefficient (Wildman–Crippen LogP) is 2.68. The SMILES string of the molecule is CCNCCc1ncc(-c2c(F)ccc([N+](=O)[O-])c2F)o1. The molecule has 0 saturated heterocycles. The first kappa shape index (κ1) is 15.0. The number of halogens is 2. The van der Waals surface area contributed by atoms with Crippen LogP contribution in [0.4, 0.5) is 14.5 Å². The summed E-state index contributed by atoms with van der Waals surface area (Å²) in [6, 6.07) is 1.61. The van der Waals surface area contributed by atoms with E-state index in [0.29, 0.717) is 18.9 Å². The molecule has 0 amide bonds. The summed E-state index contributed by atoms with van der Waals surface area (Å²) in [6.07, 6.45) is 1.61. The summed E-state index contributed by atoms with van der Waals surface area (Å²) in [7, 11) is 0. The number of nitrogens with one attached hydrogen (secondary N) is 1. The molecule has 112 valence electrons. The number of hydrogen-bond acceptors (Lipinski definition) is 5. The minimum absolute atomic E-state index is 0.166. The van der Waals surface area contributed by atoms with Gasteiger partial charge in [0.05, 0.1) is 16.7 Å². The van der Waals surface area contributed by atoms with Crippen LogP contribution in [0.3, 0.4) is 0 Å². The van der Waals surface area contributed by atoms with Crippen LogP contribution in [0.2, 0.25) is 0 Å². The Bertz CT molecular complexity index is 658. The molecule has 0 aliphatic heterocycles. The molecule has 6 nitrogen and oxygen atoms in total. The van der Waals surface area contributed by atoms with Crippen LogP contribution in [0.5, 0.6) is 0 Å². The van der Waals surface area contributed by atoms with Gasteiger partial charge in [0.25, 0.3) is 0 Å². The topological polar surface area (TPSA) is 81.2 Å². The largest absolute Gasteiger partial charge is 0.440 e. The second kappa shape index (κ2) is 6.40. The summed E-state index contributed by atoms with van der Waals surface area (Å²) in [6.45, 7) is 3.33. The van der Waals surface area contributed by atoms with E-state index in [0.717, 1.165) is 24.9 Å². The maximum Gasteiger partial charge on any atom is 0.305 e. The molecule has 0 aliphatic rings. The number of hydrogen-bond donors (Lipinski definition) is 1. The third-order valence-electron chi connectivity index (χ3n) is 2.83. The lowest BCUT2D eigenvalue weighted by Gasteiger charge is -2.02. The molecular formula is C13H13F2N3O3. The van der Waals surface area contributed by atoms with E-state index in [-0.39, 0.29) is 5.76 Å². The van der Waals surface area contributed by atoms with Crippen LogP contribution in [0.1, 0.15) is 12.8 Å². The fraction of sp³-hybridized carbons (Fsp3) is 0.308. The van der Waals surface area contributed by atoms with E-state index in [1.165, 1.54) is 0 Å². The average Bonchev–Trinajstić information content (AvgIpc) is 2.87. The van der Waals surface area contributed by atoms with Crippen molar-refractivity contribution in [2.24, 2.45) is 0 Å². The number of oxazole rings is 1. The summed E-state index contributed by atoms with van der Waals surface area (Å²) in [5.74, 6) is -2.07. The Labute approximate surface area is 118 Å². The average molecular weight is 297 g/mol. The van der Waals surface area contributed by atoms with Crippen molar-refractivity contribution < 1.29 is 18.1 Å². The fourth-order valence-electron chi connectivity index (χ4n) is 1.82. The number of nitro groups is 1. The van der Waals surface area contributed by atoms with Crippen molar-refractivity contribution in [1.82, 2.24) is 10.3 Å². The lowest BCUT2D eigenvalue weighted by Crippen LogP contribution is -2.16. The van der Waals surface area contributed by atoms with Crippen LogP contribution >= 0.6 is 0 Å². The van der Waals surface area contributed by atoms with E-state index in [9.17, 15) is 18.9 Å². The van der Waals surface area contributed by atoms with Crippen molar-refractivity contribution in [2.75, 3.05) is 13.1 Å². The van der Waals surface area contributed by atoms with Gasteiger partial charge in [-0.05, 0) is 12.6 Å². The van der Waals surface area contributed by atoms with Crippen molar-refractivity contribution in [3.63, 3.8) is 0 Å². The highest BCUT2D eigenvalue weighted by atomic mass is 19.1. The third kappa shape index (κ3) is 3.22. The van der Waals surface area contributed by atoms with Crippen molar-refractivity contribution in [3.05, 3.63) is 46.0 Å². The number of likely N-dealkylation sites (N-methyl/N-ethyl adjacent to an activating group) is 1. The molecule has 0 unspecified atom stereocenters. The number of nitrogens with zero attached hydrogens (tertiary/aromatic N) is 2. The van der Waals surface area contributed by atoms with Crippen LogP contribution in [-0.2, 0) is 6.42 Å². The Balaban J connectivity index is 2.33. The molecule has 2 rings (SSSR count). The van der Waals surface area contributed by atoms with Crippen LogP contribution < -0.4 is 5.32 Å². The van der Waals surface area contributed by atoms with Gasteiger partial charge in [-0.1, -0.05) is 6.92 Å². The van der Waals surface area contributed by atoms with Gasteiger partial charge in [-0.2, -0.15) is 4.39 Å². The minimum atomic E-state index is -1.27. The van der Waals surface area contributed by atoms with Gasteiger partial charge in [-0.3, -0.25) is 10.1 Å². The second-order valence-corrected chi connectivity index (χ2v) is 4.23.